The first-order chi connectivity index (χ1) is 16.5. The lowest BCUT2D eigenvalue weighted by atomic mass is 10.1. The second-order valence-corrected chi connectivity index (χ2v) is 9.72. The lowest BCUT2D eigenvalue weighted by Gasteiger charge is -2.37. The summed E-state index contributed by atoms with van der Waals surface area (Å²) in [6, 6.07) is 12.2. The SMILES string of the molecule is O=C(Nc1ccc(N2CCN(C(=O)C3CC3)CC2)c(C(=O)N2CCCC2)c1)c1ccc(Cl)cc1. The molecule has 2 aromatic carbocycles. The third-order valence-corrected chi connectivity index (χ3v) is 7.10. The third-order valence-electron chi connectivity index (χ3n) is 6.84. The number of hydrogen-bond acceptors (Lipinski definition) is 4. The Bertz CT molecular complexity index is 1090. The van der Waals surface area contributed by atoms with Crippen molar-refractivity contribution in [1.29, 1.82) is 0 Å². The number of carbonyl (C=O) groups excluding carboxylic acids is 3. The van der Waals surface area contributed by atoms with E-state index in [1.54, 1.807) is 30.3 Å². The van der Waals surface area contributed by atoms with Gasteiger partial charge in [-0.15, -0.1) is 0 Å². The maximum atomic E-state index is 13.4. The molecule has 5 rings (SSSR count). The van der Waals surface area contributed by atoms with Gasteiger partial charge in [0.2, 0.25) is 5.91 Å². The Morgan fingerprint density at radius 3 is 2.15 bits per heavy atom. The molecule has 7 nitrogen and oxygen atoms in total. The lowest BCUT2D eigenvalue weighted by Crippen LogP contribution is -2.49. The Balaban J connectivity index is 1.36. The number of nitrogens with zero attached hydrogens (tertiary/aromatic N) is 3. The predicted molar refractivity (Wildman–Crippen MR) is 133 cm³/mol. The van der Waals surface area contributed by atoms with E-state index in [0.29, 0.717) is 48.0 Å². The molecule has 0 bridgehead atoms. The van der Waals surface area contributed by atoms with Crippen molar-refractivity contribution in [2.75, 3.05) is 49.5 Å². The molecule has 1 N–H and O–H groups in total. The molecule has 8 heteroatoms. The smallest absolute Gasteiger partial charge is 0.256 e. The van der Waals surface area contributed by atoms with Gasteiger partial charge in [0.15, 0.2) is 0 Å². The van der Waals surface area contributed by atoms with E-state index >= 15 is 0 Å². The number of benzene rings is 2. The molecule has 3 amide bonds. The van der Waals surface area contributed by atoms with Crippen molar-refractivity contribution in [3.63, 3.8) is 0 Å². The predicted octanol–water partition coefficient (Wildman–Crippen LogP) is 3.89. The summed E-state index contributed by atoms with van der Waals surface area (Å²) in [5.41, 5.74) is 2.53. The van der Waals surface area contributed by atoms with Crippen molar-refractivity contribution >= 4 is 40.7 Å². The molecular weight excluding hydrogens is 452 g/mol. The minimum absolute atomic E-state index is 0.00780. The summed E-state index contributed by atoms with van der Waals surface area (Å²) in [6.45, 7) is 4.22. The number of carbonyl (C=O) groups is 3. The zero-order valence-electron chi connectivity index (χ0n) is 19.1. The van der Waals surface area contributed by atoms with Crippen LogP contribution in [-0.2, 0) is 4.79 Å². The fourth-order valence-corrected chi connectivity index (χ4v) is 4.84. The minimum atomic E-state index is -0.254. The summed E-state index contributed by atoms with van der Waals surface area (Å²) in [6.07, 6.45) is 4.04. The molecule has 34 heavy (non-hydrogen) atoms. The van der Waals surface area contributed by atoms with Crippen molar-refractivity contribution in [3.05, 3.63) is 58.6 Å². The first-order valence-electron chi connectivity index (χ1n) is 12.0. The minimum Gasteiger partial charge on any atom is -0.367 e. The fraction of sp³-hybridized carbons (Fsp3) is 0.423. The van der Waals surface area contributed by atoms with Crippen LogP contribution in [0.2, 0.25) is 5.02 Å². The summed E-state index contributed by atoms with van der Waals surface area (Å²) in [5.74, 6) is 0.235. The van der Waals surface area contributed by atoms with Crippen LogP contribution < -0.4 is 10.2 Å². The summed E-state index contributed by atoms with van der Waals surface area (Å²) in [4.78, 5) is 44.6. The molecule has 0 aromatic heterocycles. The summed E-state index contributed by atoms with van der Waals surface area (Å²) < 4.78 is 0. The van der Waals surface area contributed by atoms with Gasteiger partial charge < -0.3 is 20.0 Å². The van der Waals surface area contributed by atoms with E-state index in [0.717, 1.165) is 44.5 Å². The van der Waals surface area contributed by atoms with Crippen molar-refractivity contribution in [2.45, 2.75) is 25.7 Å². The molecule has 0 radical (unpaired) electrons. The van der Waals surface area contributed by atoms with Crippen molar-refractivity contribution in [2.24, 2.45) is 5.92 Å². The standard InChI is InChI=1S/C26H29ClN4O3/c27-20-7-5-18(6-8-20)24(32)28-21-9-10-23(22(17-21)26(34)30-11-1-2-12-30)29-13-15-31(16-14-29)25(33)19-3-4-19/h5-10,17,19H,1-4,11-16H2,(H,28,32). The average molecular weight is 481 g/mol. The van der Waals surface area contributed by atoms with E-state index in [2.05, 4.69) is 10.2 Å². The molecule has 0 atom stereocenters. The first kappa shape index (κ1) is 22.7. The molecule has 2 aliphatic heterocycles. The zero-order valence-corrected chi connectivity index (χ0v) is 19.9. The van der Waals surface area contributed by atoms with Crippen LogP contribution in [0.3, 0.4) is 0 Å². The topological polar surface area (TPSA) is 73.0 Å². The summed E-state index contributed by atoms with van der Waals surface area (Å²) in [7, 11) is 0. The Morgan fingerprint density at radius 2 is 1.50 bits per heavy atom. The van der Waals surface area contributed by atoms with Crippen molar-refractivity contribution in [1.82, 2.24) is 9.80 Å². The highest BCUT2D eigenvalue weighted by Gasteiger charge is 2.35. The molecule has 178 valence electrons. The number of rotatable bonds is 5. The van der Waals surface area contributed by atoms with Crippen LogP contribution >= 0.6 is 11.6 Å². The highest BCUT2D eigenvalue weighted by molar-refractivity contribution is 6.30. The van der Waals surface area contributed by atoms with E-state index in [9.17, 15) is 14.4 Å². The van der Waals surface area contributed by atoms with Crippen LogP contribution in [0.15, 0.2) is 42.5 Å². The van der Waals surface area contributed by atoms with Gasteiger partial charge in [-0.05, 0) is 68.1 Å². The van der Waals surface area contributed by atoms with E-state index in [1.807, 2.05) is 21.9 Å². The van der Waals surface area contributed by atoms with Gasteiger partial charge in [0, 0.05) is 67.1 Å². The number of nitrogens with one attached hydrogen (secondary N) is 1. The summed E-state index contributed by atoms with van der Waals surface area (Å²) >= 11 is 5.93. The maximum Gasteiger partial charge on any atom is 0.256 e. The molecule has 3 aliphatic rings. The Kier molecular flexibility index (Phi) is 6.46. The maximum absolute atomic E-state index is 13.4. The van der Waals surface area contributed by atoms with Gasteiger partial charge >= 0.3 is 0 Å². The Labute approximate surface area is 204 Å². The number of piperazine rings is 1. The quantitative estimate of drug-likeness (QED) is 0.704. The first-order valence-corrected chi connectivity index (χ1v) is 12.4. The average Bonchev–Trinajstić information content (AvgIpc) is 3.57. The normalized spacial score (nSPS) is 18.2. The van der Waals surface area contributed by atoms with Crippen LogP contribution in [-0.4, -0.2) is 66.8 Å². The Morgan fingerprint density at radius 1 is 0.824 bits per heavy atom. The van der Waals surface area contributed by atoms with E-state index < -0.39 is 0 Å². The number of hydrogen-bond donors (Lipinski definition) is 1. The van der Waals surface area contributed by atoms with Crippen LogP contribution in [0.1, 0.15) is 46.4 Å². The second kappa shape index (κ2) is 9.66. The monoisotopic (exact) mass is 480 g/mol. The van der Waals surface area contributed by atoms with Crippen molar-refractivity contribution < 1.29 is 14.4 Å². The largest absolute Gasteiger partial charge is 0.367 e. The fourth-order valence-electron chi connectivity index (χ4n) is 4.71. The van der Waals surface area contributed by atoms with Gasteiger partial charge in [0.1, 0.15) is 0 Å². The van der Waals surface area contributed by atoms with Crippen LogP contribution in [0.4, 0.5) is 11.4 Å². The van der Waals surface area contributed by atoms with Crippen LogP contribution in [0.25, 0.3) is 0 Å². The second-order valence-electron chi connectivity index (χ2n) is 9.28. The molecular formula is C26H29ClN4O3. The number of anilines is 2. The molecule has 0 unspecified atom stereocenters. The van der Waals surface area contributed by atoms with Crippen LogP contribution in [0.5, 0.6) is 0 Å². The van der Waals surface area contributed by atoms with Crippen LogP contribution in [0, 0.1) is 5.92 Å². The number of amides is 3. The number of likely N-dealkylation sites (tertiary alicyclic amines) is 1. The molecule has 1 aliphatic carbocycles. The lowest BCUT2D eigenvalue weighted by molar-refractivity contribution is -0.132. The van der Waals surface area contributed by atoms with E-state index in [-0.39, 0.29) is 23.6 Å². The summed E-state index contributed by atoms with van der Waals surface area (Å²) in [5, 5.41) is 3.48. The Hall–Kier alpha value is -3.06. The molecule has 3 fully saturated rings. The van der Waals surface area contributed by atoms with Gasteiger partial charge in [-0.3, -0.25) is 14.4 Å². The zero-order chi connectivity index (χ0) is 23.7. The highest BCUT2D eigenvalue weighted by atomic mass is 35.5. The molecule has 2 aromatic rings. The van der Waals surface area contributed by atoms with Crippen molar-refractivity contribution in [3.8, 4) is 0 Å². The molecule has 1 saturated carbocycles. The van der Waals surface area contributed by atoms with Gasteiger partial charge in [-0.2, -0.15) is 0 Å². The third kappa shape index (κ3) is 4.89. The van der Waals surface area contributed by atoms with Gasteiger partial charge in [-0.1, -0.05) is 11.6 Å². The van der Waals surface area contributed by atoms with Gasteiger partial charge in [0.05, 0.1) is 5.56 Å². The molecule has 0 spiro atoms. The van der Waals surface area contributed by atoms with E-state index in [4.69, 9.17) is 11.6 Å². The highest BCUT2D eigenvalue weighted by Crippen LogP contribution is 2.32. The van der Waals surface area contributed by atoms with Gasteiger partial charge in [-0.25, -0.2) is 0 Å². The molecule has 2 saturated heterocycles. The van der Waals surface area contributed by atoms with E-state index in [1.165, 1.54) is 0 Å². The number of halogens is 1. The van der Waals surface area contributed by atoms with Gasteiger partial charge in [0.25, 0.3) is 11.8 Å². The molecule has 2 heterocycles.